The lowest BCUT2D eigenvalue weighted by Gasteiger charge is -2.36. The van der Waals surface area contributed by atoms with Crippen molar-refractivity contribution in [3.63, 3.8) is 0 Å². The van der Waals surface area contributed by atoms with Crippen LogP contribution in [-0.4, -0.2) is 50.0 Å². The summed E-state index contributed by atoms with van der Waals surface area (Å²) in [6.07, 6.45) is 2.62. The van der Waals surface area contributed by atoms with Gasteiger partial charge in [-0.2, -0.15) is 4.98 Å². The first-order chi connectivity index (χ1) is 9.86. The van der Waals surface area contributed by atoms with Crippen molar-refractivity contribution in [2.45, 2.75) is 31.8 Å². The van der Waals surface area contributed by atoms with E-state index in [0.29, 0.717) is 18.5 Å². The molecule has 5 nitrogen and oxygen atoms in total. The second-order valence-electron chi connectivity index (χ2n) is 5.37. The maximum absolute atomic E-state index is 5.62. The molecule has 1 atom stereocenters. The summed E-state index contributed by atoms with van der Waals surface area (Å²) < 4.78 is 11.1. The van der Waals surface area contributed by atoms with Gasteiger partial charge in [-0.1, -0.05) is 6.07 Å². The van der Waals surface area contributed by atoms with Gasteiger partial charge in [-0.25, -0.2) is 0 Å². The SMILES string of the molecule is CCOc1cccc(N2CCOCC2CNC2CC2)n1. The largest absolute Gasteiger partial charge is 0.478 e. The van der Waals surface area contributed by atoms with E-state index in [1.54, 1.807) is 0 Å². The first kappa shape index (κ1) is 13.6. The molecular weight excluding hydrogens is 254 g/mol. The average molecular weight is 277 g/mol. The highest BCUT2D eigenvalue weighted by Gasteiger charge is 2.27. The van der Waals surface area contributed by atoms with Crippen LogP contribution in [0.1, 0.15) is 19.8 Å². The van der Waals surface area contributed by atoms with Crippen LogP contribution in [0.2, 0.25) is 0 Å². The number of nitrogens with one attached hydrogen (secondary N) is 1. The fourth-order valence-corrected chi connectivity index (χ4v) is 2.51. The number of morpholine rings is 1. The Morgan fingerprint density at radius 1 is 1.45 bits per heavy atom. The van der Waals surface area contributed by atoms with Gasteiger partial charge in [-0.05, 0) is 25.8 Å². The van der Waals surface area contributed by atoms with E-state index >= 15 is 0 Å². The molecule has 2 aliphatic rings. The minimum Gasteiger partial charge on any atom is -0.478 e. The van der Waals surface area contributed by atoms with Crippen molar-refractivity contribution in [2.24, 2.45) is 0 Å². The van der Waals surface area contributed by atoms with Crippen molar-refractivity contribution in [3.8, 4) is 5.88 Å². The van der Waals surface area contributed by atoms with Crippen LogP contribution >= 0.6 is 0 Å². The van der Waals surface area contributed by atoms with Gasteiger partial charge in [0.15, 0.2) is 0 Å². The van der Waals surface area contributed by atoms with Gasteiger partial charge in [0, 0.05) is 25.2 Å². The van der Waals surface area contributed by atoms with Crippen LogP contribution in [-0.2, 0) is 4.74 Å². The highest BCUT2D eigenvalue weighted by atomic mass is 16.5. The summed E-state index contributed by atoms with van der Waals surface area (Å²) in [7, 11) is 0. The number of aromatic nitrogens is 1. The van der Waals surface area contributed by atoms with E-state index in [9.17, 15) is 0 Å². The number of ether oxygens (including phenoxy) is 2. The zero-order valence-corrected chi connectivity index (χ0v) is 12.0. The van der Waals surface area contributed by atoms with Gasteiger partial charge >= 0.3 is 0 Å². The molecule has 0 amide bonds. The van der Waals surface area contributed by atoms with Gasteiger partial charge < -0.3 is 19.7 Å². The van der Waals surface area contributed by atoms with Gasteiger partial charge in [-0.3, -0.25) is 0 Å². The molecule has 110 valence electrons. The number of pyridine rings is 1. The number of anilines is 1. The molecular formula is C15H23N3O2. The Morgan fingerprint density at radius 2 is 2.35 bits per heavy atom. The summed E-state index contributed by atoms with van der Waals surface area (Å²) in [6.45, 7) is 6.00. The third-order valence-electron chi connectivity index (χ3n) is 3.74. The van der Waals surface area contributed by atoms with E-state index in [1.165, 1.54) is 12.8 Å². The monoisotopic (exact) mass is 277 g/mol. The lowest BCUT2D eigenvalue weighted by Crippen LogP contribution is -2.51. The number of rotatable bonds is 6. The number of hydrogen-bond acceptors (Lipinski definition) is 5. The third-order valence-corrected chi connectivity index (χ3v) is 3.74. The minimum atomic E-state index is 0.355. The Morgan fingerprint density at radius 3 is 3.15 bits per heavy atom. The molecule has 1 saturated carbocycles. The summed E-state index contributed by atoms with van der Waals surface area (Å²) in [5.74, 6) is 1.69. The normalized spacial score (nSPS) is 22.9. The van der Waals surface area contributed by atoms with Crippen molar-refractivity contribution >= 4 is 5.82 Å². The maximum Gasteiger partial charge on any atom is 0.215 e. The molecule has 1 aliphatic heterocycles. The molecule has 20 heavy (non-hydrogen) atoms. The summed E-state index contributed by atoms with van der Waals surface area (Å²) in [5.41, 5.74) is 0. The molecule has 0 radical (unpaired) electrons. The highest BCUT2D eigenvalue weighted by Crippen LogP contribution is 2.22. The zero-order valence-electron chi connectivity index (χ0n) is 12.0. The van der Waals surface area contributed by atoms with E-state index in [0.717, 1.165) is 38.2 Å². The van der Waals surface area contributed by atoms with Gasteiger partial charge in [0.25, 0.3) is 0 Å². The van der Waals surface area contributed by atoms with E-state index in [2.05, 4.69) is 21.3 Å². The Hall–Kier alpha value is -1.33. The van der Waals surface area contributed by atoms with E-state index in [1.807, 2.05) is 19.1 Å². The van der Waals surface area contributed by atoms with Gasteiger partial charge in [0.1, 0.15) is 5.82 Å². The van der Waals surface area contributed by atoms with Crippen molar-refractivity contribution in [1.82, 2.24) is 10.3 Å². The second kappa shape index (κ2) is 6.41. The average Bonchev–Trinajstić information content (AvgIpc) is 3.30. The second-order valence-corrected chi connectivity index (χ2v) is 5.37. The molecule has 2 fully saturated rings. The van der Waals surface area contributed by atoms with Crippen molar-refractivity contribution in [2.75, 3.05) is 37.8 Å². The Balaban J connectivity index is 1.68. The molecule has 1 unspecified atom stereocenters. The quantitative estimate of drug-likeness (QED) is 0.852. The van der Waals surface area contributed by atoms with Crippen LogP contribution in [0, 0.1) is 0 Å². The molecule has 3 rings (SSSR count). The van der Waals surface area contributed by atoms with Crippen LogP contribution < -0.4 is 15.0 Å². The minimum absolute atomic E-state index is 0.355. The molecule has 0 bridgehead atoms. The Labute approximate surface area is 120 Å². The lowest BCUT2D eigenvalue weighted by atomic mass is 10.2. The smallest absolute Gasteiger partial charge is 0.215 e. The summed E-state index contributed by atoms with van der Waals surface area (Å²) in [6, 6.07) is 7.05. The van der Waals surface area contributed by atoms with Gasteiger partial charge in [0.05, 0.1) is 25.9 Å². The fraction of sp³-hybridized carbons (Fsp3) is 0.667. The Bertz CT molecular complexity index is 437. The first-order valence-electron chi connectivity index (χ1n) is 7.54. The first-order valence-corrected chi connectivity index (χ1v) is 7.54. The number of hydrogen-bond donors (Lipinski definition) is 1. The summed E-state index contributed by atoms with van der Waals surface area (Å²) >= 11 is 0. The molecule has 1 N–H and O–H groups in total. The van der Waals surface area contributed by atoms with Crippen molar-refractivity contribution in [1.29, 1.82) is 0 Å². The molecule has 1 aliphatic carbocycles. The molecule has 1 saturated heterocycles. The lowest BCUT2D eigenvalue weighted by molar-refractivity contribution is 0.0931. The highest BCUT2D eigenvalue weighted by molar-refractivity contribution is 5.42. The zero-order chi connectivity index (χ0) is 13.8. The summed E-state index contributed by atoms with van der Waals surface area (Å²) in [4.78, 5) is 6.93. The van der Waals surface area contributed by atoms with E-state index in [4.69, 9.17) is 9.47 Å². The number of nitrogens with zero attached hydrogens (tertiary/aromatic N) is 2. The molecule has 1 aromatic heterocycles. The van der Waals surface area contributed by atoms with Crippen LogP contribution in [0.3, 0.4) is 0 Å². The van der Waals surface area contributed by atoms with Crippen LogP contribution in [0.4, 0.5) is 5.82 Å². The van der Waals surface area contributed by atoms with E-state index < -0.39 is 0 Å². The molecule has 1 aromatic rings. The summed E-state index contributed by atoms with van der Waals surface area (Å²) in [5, 5.41) is 3.59. The predicted octanol–water partition coefficient (Wildman–Crippen LogP) is 1.44. The van der Waals surface area contributed by atoms with Crippen molar-refractivity contribution < 1.29 is 9.47 Å². The standard InChI is InChI=1S/C15H23N3O2/c1-2-20-15-5-3-4-14(17-15)18-8-9-19-11-13(18)10-16-12-6-7-12/h3-5,12-13,16H,2,6-11H2,1H3. The Kier molecular flexibility index (Phi) is 4.38. The van der Waals surface area contributed by atoms with E-state index in [-0.39, 0.29) is 0 Å². The molecule has 0 spiro atoms. The topological polar surface area (TPSA) is 46.6 Å². The third kappa shape index (κ3) is 3.41. The van der Waals surface area contributed by atoms with Crippen LogP contribution in [0.25, 0.3) is 0 Å². The van der Waals surface area contributed by atoms with Crippen molar-refractivity contribution in [3.05, 3.63) is 18.2 Å². The molecule has 0 aromatic carbocycles. The van der Waals surface area contributed by atoms with Crippen LogP contribution in [0.15, 0.2) is 18.2 Å². The fourth-order valence-electron chi connectivity index (χ4n) is 2.51. The molecule has 5 heteroatoms. The predicted molar refractivity (Wildman–Crippen MR) is 78.4 cm³/mol. The molecule has 2 heterocycles. The maximum atomic E-state index is 5.62. The van der Waals surface area contributed by atoms with Crippen LogP contribution in [0.5, 0.6) is 5.88 Å². The van der Waals surface area contributed by atoms with Gasteiger partial charge in [-0.15, -0.1) is 0 Å². The van der Waals surface area contributed by atoms with Gasteiger partial charge in [0.2, 0.25) is 5.88 Å².